The number of carbonyl (C=O) groups is 2. The lowest BCUT2D eigenvalue weighted by Gasteiger charge is -2.15. The molecule has 0 aliphatic carbocycles. The van der Waals surface area contributed by atoms with Crippen LogP contribution in [0.4, 0.5) is 4.79 Å². The van der Waals surface area contributed by atoms with E-state index in [0.717, 1.165) is 5.56 Å². The molecule has 1 unspecified atom stereocenters. The van der Waals surface area contributed by atoms with E-state index in [0.29, 0.717) is 0 Å². The highest BCUT2D eigenvalue weighted by Crippen LogP contribution is 2.13. The van der Waals surface area contributed by atoms with Crippen LogP contribution in [0.15, 0.2) is 30.3 Å². The Labute approximate surface area is 105 Å². The van der Waals surface area contributed by atoms with Gasteiger partial charge >= 0.3 is 6.09 Å². The molecule has 0 aliphatic heterocycles. The number of nitrogens with two attached hydrogens (primary N) is 2. The van der Waals surface area contributed by atoms with E-state index in [-0.39, 0.29) is 25.6 Å². The summed E-state index contributed by atoms with van der Waals surface area (Å²) in [5.74, 6) is -0.600. The Morgan fingerprint density at radius 1 is 1.28 bits per heavy atom. The Hall–Kier alpha value is -2.08. The topological polar surface area (TPSA) is 107 Å². The molecule has 0 fully saturated rings. The maximum Gasteiger partial charge on any atom is 0.404 e. The van der Waals surface area contributed by atoms with Crippen LogP contribution >= 0.6 is 0 Å². The van der Waals surface area contributed by atoms with Crippen molar-refractivity contribution in [3.05, 3.63) is 35.9 Å². The van der Waals surface area contributed by atoms with Crippen molar-refractivity contribution in [3.8, 4) is 0 Å². The Morgan fingerprint density at radius 3 is 2.50 bits per heavy atom. The summed E-state index contributed by atoms with van der Waals surface area (Å²) in [6.45, 7) is 0.477. The van der Waals surface area contributed by atoms with Crippen molar-refractivity contribution in [2.75, 3.05) is 19.7 Å². The standard InChI is InChI=1S/C12H17N3O3/c13-8-10(9-4-2-1-3-5-9)11(16)15-6-7-18-12(14)17/h1-5,10H,6-8,13H2,(H2,14,17)(H,15,16). The number of rotatable bonds is 6. The lowest BCUT2D eigenvalue weighted by molar-refractivity contribution is -0.122. The smallest absolute Gasteiger partial charge is 0.404 e. The Morgan fingerprint density at radius 2 is 1.94 bits per heavy atom. The zero-order valence-electron chi connectivity index (χ0n) is 9.96. The molecule has 1 aromatic rings. The minimum Gasteiger partial charge on any atom is -0.448 e. The highest BCUT2D eigenvalue weighted by atomic mass is 16.5. The average molecular weight is 251 g/mol. The molecule has 0 heterocycles. The highest BCUT2D eigenvalue weighted by molar-refractivity contribution is 5.83. The second-order valence-electron chi connectivity index (χ2n) is 3.66. The second kappa shape index (κ2) is 7.29. The van der Waals surface area contributed by atoms with E-state index < -0.39 is 12.0 Å². The van der Waals surface area contributed by atoms with Gasteiger partial charge in [0.15, 0.2) is 0 Å². The molecule has 0 aromatic heterocycles. The number of amides is 2. The van der Waals surface area contributed by atoms with E-state index in [1.54, 1.807) is 0 Å². The molecule has 5 N–H and O–H groups in total. The first-order valence-corrected chi connectivity index (χ1v) is 5.60. The predicted octanol–water partition coefficient (Wildman–Crippen LogP) is -0.0596. The quantitative estimate of drug-likeness (QED) is 0.615. The molecule has 0 saturated carbocycles. The molecule has 0 aliphatic rings. The third-order valence-electron chi connectivity index (χ3n) is 2.40. The summed E-state index contributed by atoms with van der Waals surface area (Å²) >= 11 is 0. The van der Waals surface area contributed by atoms with Gasteiger partial charge in [-0.15, -0.1) is 0 Å². The summed E-state index contributed by atoms with van der Waals surface area (Å²) in [5.41, 5.74) is 11.2. The van der Waals surface area contributed by atoms with Gasteiger partial charge in [0.1, 0.15) is 6.61 Å². The minimum absolute atomic E-state index is 0.0488. The van der Waals surface area contributed by atoms with Crippen LogP contribution in [-0.4, -0.2) is 31.7 Å². The Balaban J connectivity index is 2.46. The van der Waals surface area contributed by atoms with Crippen LogP contribution < -0.4 is 16.8 Å². The molecular formula is C12H17N3O3. The molecule has 6 nitrogen and oxygen atoms in total. The molecule has 1 rings (SSSR count). The molecule has 0 saturated heterocycles. The van der Waals surface area contributed by atoms with Crippen molar-refractivity contribution in [3.63, 3.8) is 0 Å². The van der Waals surface area contributed by atoms with Gasteiger partial charge in [-0.2, -0.15) is 0 Å². The van der Waals surface area contributed by atoms with Gasteiger partial charge in [0.05, 0.1) is 12.5 Å². The first-order chi connectivity index (χ1) is 8.65. The van der Waals surface area contributed by atoms with Crippen LogP contribution in [-0.2, 0) is 9.53 Å². The van der Waals surface area contributed by atoms with Gasteiger partial charge in [0.25, 0.3) is 0 Å². The number of benzene rings is 1. The van der Waals surface area contributed by atoms with E-state index in [2.05, 4.69) is 10.1 Å². The van der Waals surface area contributed by atoms with Crippen LogP contribution in [0.3, 0.4) is 0 Å². The van der Waals surface area contributed by atoms with Crippen molar-refractivity contribution in [2.45, 2.75) is 5.92 Å². The maximum absolute atomic E-state index is 11.9. The van der Waals surface area contributed by atoms with Crippen LogP contribution in [0.1, 0.15) is 11.5 Å². The second-order valence-corrected chi connectivity index (χ2v) is 3.66. The molecule has 0 bridgehead atoms. The average Bonchev–Trinajstić information content (AvgIpc) is 2.36. The SMILES string of the molecule is NCC(C(=O)NCCOC(N)=O)c1ccccc1. The van der Waals surface area contributed by atoms with Crippen molar-refractivity contribution in [1.82, 2.24) is 5.32 Å². The number of ether oxygens (including phenoxy) is 1. The van der Waals surface area contributed by atoms with E-state index in [1.807, 2.05) is 30.3 Å². The summed E-state index contributed by atoms with van der Waals surface area (Å²) in [5, 5.41) is 2.64. The summed E-state index contributed by atoms with van der Waals surface area (Å²) in [6.07, 6.45) is -0.859. The summed E-state index contributed by atoms with van der Waals surface area (Å²) < 4.78 is 4.50. The lowest BCUT2D eigenvalue weighted by atomic mass is 9.98. The zero-order chi connectivity index (χ0) is 13.4. The molecule has 18 heavy (non-hydrogen) atoms. The first kappa shape index (κ1) is 14.0. The largest absolute Gasteiger partial charge is 0.448 e. The van der Waals surface area contributed by atoms with Crippen LogP contribution in [0.25, 0.3) is 0 Å². The molecule has 1 aromatic carbocycles. The molecule has 0 radical (unpaired) electrons. The van der Waals surface area contributed by atoms with Crippen molar-refractivity contribution in [1.29, 1.82) is 0 Å². The number of hydrogen-bond acceptors (Lipinski definition) is 4. The third kappa shape index (κ3) is 4.42. The van der Waals surface area contributed by atoms with Crippen LogP contribution in [0, 0.1) is 0 Å². The van der Waals surface area contributed by atoms with Gasteiger partial charge in [-0.1, -0.05) is 30.3 Å². The number of hydrogen-bond donors (Lipinski definition) is 3. The van der Waals surface area contributed by atoms with Gasteiger partial charge in [-0.3, -0.25) is 4.79 Å². The Kier molecular flexibility index (Phi) is 5.66. The number of primary amides is 1. The van der Waals surface area contributed by atoms with E-state index in [9.17, 15) is 9.59 Å². The van der Waals surface area contributed by atoms with Crippen LogP contribution in [0.5, 0.6) is 0 Å². The maximum atomic E-state index is 11.9. The molecule has 98 valence electrons. The number of carbonyl (C=O) groups excluding carboxylic acids is 2. The van der Waals surface area contributed by atoms with Gasteiger partial charge in [0.2, 0.25) is 5.91 Å². The van der Waals surface area contributed by atoms with Gasteiger partial charge in [-0.25, -0.2) is 4.79 Å². The lowest BCUT2D eigenvalue weighted by Crippen LogP contribution is -2.35. The Bertz CT molecular complexity index is 395. The van der Waals surface area contributed by atoms with Gasteiger partial charge < -0.3 is 21.5 Å². The van der Waals surface area contributed by atoms with Crippen molar-refractivity contribution in [2.24, 2.45) is 11.5 Å². The van der Waals surface area contributed by atoms with Crippen molar-refractivity contribution < 1.29 is 14.3 Å². The molecule has 6 heteroatoms. The van der Waals surface area contributed by atoms with Crippen LogP contribution in [0.2, 0.25) is 0 Å². The van der Waals surface area contributed by atoms with E-state index >= 15 is 0 Å². The summed E-state index contributed by atoms with van der Waals surface area (Å²) in [7, 11) is 0. The van der Waals surface area contributed by atoms with E-state index in [4.69, 9.17) is 11.5 Å². The predicted molar refractivity (Wildman–Crippen MR) is 66.8 cm³/mol. The monoisotopic (exact) mass is 251 g/mol. The molecule has 1 atom stereocenters. The summed E-state index contributed by atoms with van der Waals surface area (Å²) in [4.78, 5) is 22.2. The molecule has 2 amide bonds. The van der Waals surface area contributed by atoms with Crippen molar-refractivity contribution >= 4 is 12.0 Å². The molecular weight excluding hydrogens is 234 g/mol. The van der Waals surface area contributed by atoms with E-state index in [1.165, 1.54) is 0 Å². The number of nitrogens with one attached hydrogen (secondary N) is 1. The molecule has 0 spiro atoms. The fourth-order valence-electron chi connectivity index (χ4n) is 1.53. The fourth-order valence-corrected chi connectivity index (χ4v) is 1.53. The van der Waals surface area contributed by atoms with Gasteiger partial charge in [0, 0.05) is 6.54 Å². The third-order valence-corrected chi connectivity index (χ3v) is 2.40. The minimum atomic E-state index is -0.859. The first-order valence-electron chi connectivity index (χ1n) is 5.60. The highest BCUT2D eigenvalue weighted by Gasteiger charge is 2.18. The fraction of sp³-hybridized carbons (Fsp3) is 0.333. The normalized spacial score (nSPS) is 11.6. The van der Waals surface area contributed by atoms with Gasteiger partial charge in [-0.05, 0) is 5.56 Å². The zero-order valence-corrected chi connectivity index (χ0v) is 9.96. The summed E-state index contributed by atoms with van der Waals surface area (Å²) in [6, 6.07) is 9.26.